The molecular formula is C12H9NO2S2. The first-order valence-corrected chi connectivity index (χ1v) is 6.75. The van der Waals surface area contributed by atoms with Gasteiger partial charge in [0.05, 0.1) is 10.5 Å². The van der Waals surface area contributed by atoms with Gasteiger partial charge in [0.15, 0.2) is 0 Å². The number of benzene rings is 2. The maximum absolute atomic E-state index is 11.0. The minimum absolute atomic E-state index is 0.113. The Kier molecular flexibility index (Phi) is 3.71. The zero-order valence-corrected chi connectivity index (χ0v) is 10.4. The van der Waals surface area contributed by atoms with Gasteiger partial charge in [-0.05, 0) is 12.1 Å². The Hall–Kier alpha value is -1.46. The van der Waals surface area contributed by atoms with Crippen LogP contribution in [-0.2, 0) is 0 Å². The molecule has 0 saturated heterocycles. The molecule has 5 heteroatoms. The standard InChI is InChI=1S/C12H9NO2S2/c14-13(15)11-7-3-1-5-9(11)10-6-2-4-8-12(10)17-16/h1-8,16H. The molecule has 0 bridgehead atoms. The first kappa shape index (κ1) is 12.0. The van der Waals surface area contributed by atoms with Crippen molar-refractivity contribution in [1.82, 2.24) is 0 Å². The molecule has 2 aromatic rings. The number of rotatable bonds is 3. The van der Waals surface area contributed by atoms with Crippen LogP contribution in [0.1, 0.15) is 0 Å². The SMILES string of the molecule is O=[N+]([O-])c1ccccc1-c1ccccc1SS. The third-order valence-corrected chi connectivity index (χ3v) is 3.52. The van der Waals surface area contributed by atoms with E-state index in [9.17, 15) is 10.1 Å². The first-order chi connectivity index (χ1) is 8.24. The van der Waals surface area contributed by atoms with E-state index in [0.717, 1.165) is 10.5 Å². The summed E-state index contributed by atoms with van der Waals surface area (Å²) in [5, 5.41) is 11.0. The first-order valence-electron chi connectivity index (χ1n) is 4.88. The molecule has 17 heavy (non-hydrogen) atoms. The normalized spacial score (nSPS) is 10.2. The summed E-state index contributed by atoms with van der Waals surface area (Å²) in [4.78, 5) is 11.5. The zero-order valence-electron chi connectivity index (χ0n) is 8.74. The van der Waals surface area contributed by atoms with E-state index in [1.54, 1.807) is 18.2 Å². The molecule has 86 valence electrons. The average Bonchev–Trinajstić information content (AvgIpc) is 2.38. The van der Waals surface area contributed by atoms with Gasteiger partial charge in [0, 0.05) is 16.5 Å². The summed E-state index contributed by atoms with van der Waals surface area (Å²) >= 11 is 4.16. The van der Waals surface area contributed by atoms with Gasteiger partial charge in [0.2, 0.25) is 0 Å². The van der Waals surface area contributed by atoms with Crippen molar-refractivity contribution in [2.24, 2.45) is 0 Å². The number of hydrogen-bond donors (Lipinski definition) is 1. The Morgan fingerprint density at radius 3 is 2.24 bits per heavy atom. The molecule has 0 heterocycles. The van der Waals surface area contributed by atoms with Crippen LogP contribution in [-0.4, -0.2) is 4.92 Å². The predicted molar refractivity (Wildman–Crippen MR) is 73.4 cm³/mol. The van der Waals surface area contributed by atoms with Crippen molar-refractivity contribution in [3.63, 3.8) is 0 Å². The fourth-order valence-electron chi connectivity index (χ4n) is 1.63. The molecule has 0 aliphatic carbocycles. The summed E-state index contributed by atoms with van der Waals surface area (Å²) in [6.07, 6.45) is 0. The van der Waals surface area contributed by atoms with Crippen LogP contribution in [0.4, 0.5) is 5.69 Å². The number of nitrogens with zero attached hydrogens (tertiary/aromatic N) is 1. The highest BCUT2D eigenvalue weighted by atomic mass is 33.1. The second-order valence-corrected chi connectivity index (χ2v) is 4.53. The van der Waals surface area contributed by atoms with Crippen LogP contribution in [0.2, 0.25) is 0 Å². The van der Waals surface area contributed by atoms with Gasteiger partial charge in [-0.3, -0.25) is 10.1 Å². The molecule has 0 fully saturated rings. The van der Waals surface area contributed by atoms with Crippen molar-refractivity contribution in [2.75, 3.05) is 0 Å². The summed E-state index contributed by atoms with van der Waals surface area (Å²) in [6, 6.07) is 14.2. The second kappa shape index (κ2) is 5.25. The lowest BCUT2D eigenvalue weighted by Crippen LogP contribution is -1.92. The van der Waals surface area contributed by atoms with Crippen LogP contribution in [0, 0.1) is 10.1 Å². The average molecular weight is 263 g/mol. The molecule has 0 atom stereocenters. The maximum Gasteiger partial charge on any atom is 0.277 e. The number of nitro benzene ring substituents is 1. The Bertz CT molecular complexity index is 558. The smallest absolute Gasteiger partial charge is 0.258 e. The van der Waals surface area contributed by atoms with Gasteiger partial charge in [-0.25, -0.2) is 0 Å². The Balaban J connectivity index is 2.64. The minimum Gasteiger partial charge on any atom is -0.258 e. The monoisotopic (exact) mass is 263 g/mol. The molecule has 2 rings (SSSR count). The van der Waals surface area contributed by atoms with E-state index in [2.05, 4.69) is 11.7 Å². The van der Waals surface area contributed by atoms with Gasteiger partial charge in [-0.15, -0.1) is 11.7 Å². The van der Waals surface area contributed by atoms with E-state index in [4.69, 9.17) is 0 Å². The fraction of sp³-hybridized carbons (Fsp3) is 0. The van der Waals surface area contributed by atoms with Crippen molar-refractivity contribution in [3.8, 4) is 11.1 Å². The van der Waals surface area contributed by atoms with Crippen LogP contribution < -0.4 is 0 Å². The molecule has 0 aliphatic heterocycles. The number of para-hydroxylation sites is 1. The summed E-state index contributed by atoms with van der Waals surface area (Å²) in [5.74, 6) is 0. The Labute approximate surface area is 108 Å². The van der Waals surface area contributed by atoms with Gasteiger partial charge >= 0.3 is 0 Å². The molecule has 0 N–H and O–H groups in total. The van der Waals surface area contributed by atoms with Gasteiger partial charge in [-0.1, -0.05) is 41.1 Å². The van der Waals surface area contributed by atoms with E-state index < -0.39 is 0 Å². The van der Waals surface area contributed by atoms with E-state index in [0.29, 0.717) is 5.56 Å². The summed E-state index contributed by atoms with van der Waals surface area (Å²) < 4.78 is 0. The highest BCUT2D eigenvalue weighted by Crippen LogP contribution is 2.37. The van der Waals surface area contributed by atoms with E-state index in [1.165, 1.54) is 16.9 Å². The van der Waals surface area contributed by atoms with Crippen molar-refractivity contribution in [1.29, 1.82) is 0 Å². The van der Waals surface area contributed by atoms with E-state index >= 15 is 0 Å². The maximum atomic E-state index is 11.0. The third-order valence-electron chi connectivity index (χ3n) is 2.38. The lowest BCUT2D eigenvalue weighted by atomic mass is 10.0. The van der Waals surface area contributed by atoms with Crippen molar-refractivity contribution in [2.45, 2.75) is 4.90 Å². The van der Waals surface area contributed by atoms with Crippen molar-refractivity contribution >= 4 is 28.1 Å². The van der Waals surface area contributed by atoms with Gasteiger partial charge < -0.3 is 0 Å². The molecule has 0 aliphatic rings. The van der Waals surface area contributed by atoms with Gasteiger partial charge in [-0.2, -0.15) is 0 Å². The minimum atomic E-state index is -0.366. The van der Waals surface area contributed by atoms with Gasteiger partial charge in [0.1, 0.15) is 0 Å². The quantitative estimate of drug-likeness (QED) is 0.390. The number of hydrogen-bond acceptors (Lipinski definition) is 4. The predicted octanol–water partition coefficient (Wildman–Crippen LogP) is 4.20. The largest absolute Gasteiger partial charge is 0.277 e. The van der Waals surface area contributed by atoms with Gasteiger partial charge in [0.25, 0.3) is 5.69 Å². The lowest BCUT2D eigenvalue weighted by molar-refractivity contribution is -0.384. The summed E-state index contributed by atoms with van der Waals surface area (Å²) in [5.41, 5.74) is 1.57. The zero-order chi connectivity index (χ0) is 12.3. The van der Waals surface area contributed by atoms with Crippen LogP contribution in [0.25, 0.3) is 11.1 Å². The van der Waals surface area contributed by atoms with Crippen LogP contribution >= 0.6 is 22.5 Å². The molecule has 0 spiro atoms. The molecule has 2 aromatic carbocycles. The Morgan fingerprint density at radius 1 is 1.00 bits per heavy atom. The van der Waals surface area contributed by atoms with Crippen LogP contribution in [0.5, 0.6) is 0 Å². The molecule has 0 radical (unpaired) electrons. The highest BCUT2D eigenvalue weighted by Gasteiger charge is 2.16. The summed E-state index contributed by atoms with van der Waals surface area (Å²) in [7, 11) is 1.28. The molecule has 3 nitrogen and oxygen atoms in total. The molecule has 0 unspecified atom stereocenters. The van der Waals surface area contributed by atoms with E-state index in [-0.39, 0.29) is 10.6 Å². The molecule has 0 amide bonds. The van der Waals surface area contributed by atoms with E-state index in [1.807, 2.05) is 24.3 Å². The number of nitro groups is 1. The second-order valence-electron chi connectivity index (χ2n) is 3.36. The highest BCUT2D eigenvalue weighted by molar-refractivity contribution is 8.68. The van der Waals surface area contributed by atoms with Crippen LogP contribution in [0.3, 0.4) is 0 Å². The van der Waals surface area contributed by atoms with Crippen LogP contribution in [0.15, 0.2) is 53.4 Å². The number of thiol groups is 1. The van der Waals surface area contributed by atoms with Crippen molar-refractivity contribution in [3.05, 3.63) is 58.6 Å². The topological polar surface area (TPSA) is 43.1 Å². The fourth-order valence-corrected chi connectivity index (χ4v) is 2.52. The lowest BCUT2D eigenvalue weighted by Gasteiger charge is -2.06. The molecular weight excluding hydrogens is 254 g/mol. The molecule has 0 aromatic heterocycles. The molecule has 0 saturated carbocycles. The third kappa shape index (κ3) is 2.45. The van der Waals surface area contributed by atoms with Crippen molar-refractivity contribution < 1.29 is 4.92 Å². The summed E-state index contributed by atoms with van der Waals surface area (Å²) in [6.45, 7) is 0. The Morgan fingerprint density at radius 2 is 1.59 bits per heavy atom.